The smallest absolute Gasteiger partial charge is 0.407 e. The van der Waals surface area contributed by atoms with Gasteiger partial charge in [-0.3, -0.25) is 10.1 Å². The van der Waals surface area contributed by atoms with Gasteiger partial charge in [0.05, 0.1) is 15.1 Å². The Bertz CT molecular complexity index is 830. The molecule has 140 valence electrons. The fourth-order valence-electron chi connectivity index (χ4n) is 2.96. The molecular weight excluding hydrogens is 356 g/mol. The molecule has 0 saturated carbocycles. The molecule has 1 amide bonds. The van der Waals surface area contributed by atoms with Crippen molar-refractivity contribution in [2.45, 2.75) is 45.3 Å². The predicted molar refractivity (Wildman–Crippen MR) is 101 cm³/mol. The fraction of sp³-hybridized carbons (Fsp3) is 0.529. The normalized spacial score (nSPS) is 17.5. The summed E-state index contributed by atoms with van der Waals surface area (Å²) in [5, 5.41) is 14.6. The highest BCUT2D eigenvalue weighted by atomic mass is 32.1. The first-order chi connectivity index (χ1) is 12.2. The van der Waals surface area contributed by atoms with Crippen molar-refractivity contribution < 1.29 is 14.5 Å². The van der Waals surface area contributed by atoms with Crippen LogP contribution in [-0.2, 0) is 4.74 Å². The van der Waals surface area contributed by atoms with Crippen molar-refractivity contribution >= 4 is 38.5 Å². The second kappa shape index (κ2) is 7.06. The summed E-state index contributed by atoms with van der Waals surface area (Å²) in [6.07, 6.45) is 1.53. The molecule has 26 heavy (non-hydrogen) atoms. The molecule has 1 atom stereocenters. The zero-order chi connectivity index (χ0) is 18.9. The molecule has 1 saturated heterocycles. The quantitative estimate of drug-likeness (QED) is 0.643. The second-order valence-corrected chi connectivity index (χ2v) is 8.29. The monoisotopic (exact) mass is 378 g/mol. The van der Waals surface area contributed by atoms with Crippen molar-refractivity contribution in [2.75, 3.05) is 18.0 Å². The first-order valence-electron chi connectivity index (χ1n) is 8.51. The van der Waals surface area contributed by atoms with E-state index in [0.29, 0.717) is 12.1 Å². The number of rotatable bonds is 4. The molecule has 1 aromatic carbocycles. The van der Waals surface area contributed by atoms with Crippen LogP contribution >= 0.6 is 11.3 Å². The number of nitro benzene ring substituents is 1. The van der Waals surface area contributed by atoms with Gasteiger partial charge in [-0.05, 0) is 39.7 Å². The Morgan fingerprint density at radius 3 is 2.96 bits per heavy atom. The minimum Gasteiger partial charge on any atom is -0.444 e. The average Bonchev–Trinajstić information content (AvgIpc) is 3.16. The molecule has 9 heteroatoms. The average molecular weight is 378 g/mol. The Kier molecular flexibility index (Phi) is 4.99. The Hall–Kier alpha value is -2.42. The lowest BCUT2D eigenvalue weighted by molar-refractivity contribution is -0.384. The van der Waals surface area contributed by atoms with E-state index in [-0.39, 0.29) is 11.7 Å². The summed E-state index contributed by atoms with van der Waals surface area (Å²) < 4.78 is 6.19. The fourth-order valence-corrected chi connectivity index (χ4v) is 4.00. The Morgan fingerprint density at radius 2 is 2.27 bits per heavy atom. The van der Waals surface area contributed by atoms with Crippen LogP contribution in [0.25, 0.3) is 10.2 Å². The van der Waals surface area contributed by atoms with Gasteiger partial charge in [0.25, 0.3) is 5.69 Å². The molecular formula is C17H22N4O4S. The lowest BCUT2D eigenvalue weighted by Gasteiger charge is -2.25. The SMILES string of the molecule is CC(C)(C)OC(=O)NC[C@H]1CCCN1c1nc2cc([N+](=O)[O-])ccc2s1. The number of thiazole rings is 1. The Morgan fingerprint density at radius 1 is 1.50 bits per heavy atom. The summed E-state index contributed by atoms with van der Waals surface area (Å²) in [7, 11) is 0. The molecule has 1 fully saturated rings. The van der Waals surface area contributed by atoms with Crippen LogP contribution in [-0.4, -0.2) is 40.7 Å². The number of anilines is 1. The highest BCUT2D eigenvalue weighted by molar-refractivity contribution is 7.22. The maximum Gasteiger partial charge on any atom is 0.407 e. The number of aromatic nitrogens is 1. The molecule has 2 heterocycles. The van der Waals surface area contributed by atoms with Crippen molar-refractivity contribution in [2.24, 2.45) is 0 Å². The minimum absolute atomic E-state index is 0.0407. The number of nitrogens with zero attached hydrogens (tertiary/aromatic N) is 3. The Balaban J connectivity index is 1.70. The van der Waals surface area contributed by atoms with E-state index in [1.54, 1.807) is 6.07 Å². The first kappa shape index (κ1) is 18.4. The Labute approximate surface area is 155 Å². The highest BCUT2D eigenvalue weighted by Crippen LogP contribution is 2.34. The summed E-state index contributed by atoms with van der Waals surface area (Å²) in [4.78, 5) is 29.1. The highest BCUT2D eigenvalue weighted by Gasteiger charge is 2.28. The second-order valence-electron chi connectivity index (χ2n) is 7.28. The molecule has 0 unspecified atom stereocenters. The van der Waals surface area contributed by atoms with E-state index in [0.717, 1.165) is 29.2 Å². The number of fused-ring (bicyclic) bond motifs is 1. The number of alkyl carbamates (subject to hydrolysis) is 1. The van der Waals surface area contributed by atoms with Gasteiger partial charge in [0, 0.05) is 31.3 Å². The van der Waals surface area contributed by atoms with Crippen molar-refractivity contribution in [3.63, 3.8) is 0 Å². The molecule has 1 aliphatic heterocycles. The predicted octanol–water partition coefficient (Wildman–Crippen LogP) is 3.70. The molecule has 0 radical (unpaired) electrons. The van der Waals surface area contributed by atoms with E-state index in [4.69, 9.17) is 4.74 Å². The molecule has 1 aromatic heterocycles. The number of benzene rings is 1. The van der Waals surface area contributed by atoms with Gasteiger partial charge in [-0.1, -0.05) is 11.3 Å². The van der Waals surface area contributed by atoms with Gasteiger partial charge in [-0.2, -0.15) is 0 Å². The maximum absolute atomic E-state index is 11.9. The van der Waals surface area contributed by atoms with Gasteiger partial charge >= 0.3 is 6.09 Å². The van der Waals surface area contributed by atoms with Gasteiger partial charge in [-0.25, -0.2) is 9.78 Å². The molecule has 1 N–H and O–H groups in total. The van der Waals surface area contributed by atoms with Crippen LogP contribution in [0.5, 0.6) is 0 Å². The molecule has 0 bridgehead atoms. The zero-order valence-corrected chi connectivity index (χ0v) is 15.8. The standard InChI is InChI=1S/C17H22N4O4S/c1-17(2,3)25-16(22)18-10-12-5-4-8-20(12)15-19-13-9-11(21(23)24)6-7-14(13)26-15/h6-7,9,12H,4-5,8,10H2,1-3H3,(H,18,22)/t12-/m1/s1. The number of hydrogen-bond donors (Lipinski definition) is 1. The van der Waals surface area contributed by atoms with E-state index >= 15 is 0 Å². The third-order valence-corrected chi connectivity index (χ3v) is 5.15. The van der Waals surface area contributed by atoms with Crippen molar-refractivity contribution in [3.8, 4) is 0 Å². The van der Waals surface area contributed by atoms with Gasteiger partial charge in [0.1, 0.15) is 5.60 Å². The summed E-state index contributed by atoms with van der Waals surface area (Å²) in [5.41, 5.74) is 0.144. The molecule has 8 nitrogen and oxygen atoms in total. The van der Waals surface area contributed by atoms with Crippen LogP contribution in [0.1, 0.15) is 33.6 Å². The number of amides is 1. The number of carbonyl (C=O) groups excluding carboxylic acids is 1. The third kappa shape index (κ3) is 4.21. The molecule has 1 aliphatic rings. The number of nitrogens with one attached hydrogen (secondary N) is 1. The lowest BCUT2D eigenvalue weighted by atomic mass is 10.2. The molecule has 0 spiro atoms. The number of ether oxygens (including phenoxy) is 1. The third-order valence-electron chi connectivity index (χ3n) is 4.07. The van der Waals surface area contributed by atoms with Gasteiger partial charge < -0.3 is 15.0 Å². The summed E-state index contributed by atoms with van der Waals surface area (Å²) in [6, 6.07) is 4.87. The van der Waals surface area contributed by atoms with Crippen molar-refractivity contribution in [3.05, 3.63) is 28.3 Å². The first-order valence-corrected chi connectivity index (χ1v) is 9.33. The van der Waals surface area contributed by atoms with E-state index in [1.807, 2.05) is 20.8 Å². The van der Waals surface area contributed by atoms with E-state index in [2.05, 4.69) is 15.2 Å². The van der Waals surface area contributed by atoms with Crippen LogP contribution < -0.4 is 10.2 Å². The van der Waals surface area contributed by atoms with Crippen molar-refractivity contribution in [1.82, 2.24) is 10.3 Å². The number of hydrogen-bond acceptors (Lipinski definition) is 7. The number of non-ortho nitro benzene ring substituents is 1. The van der Waals surface area contributed by atoms with Crippen LogP contribution in [0, 0.1) is 10.1 Å². The molecule has 0 aliphatic carbocycles. The summed E-state index contributed by atoms with van der Waals surface area (Å²) in [6.45, 7) is 6.81. The zero-order valence-electron chi connectivity index (χ0n) is 15.0. The molecule has 3 rings (SSSR count). The van der Waals surface area contributed by atoms with Crippen LogP contribution in [0.4, 0.5) is 15.6 Å². The van der Waals surface area contributed by atoms with Gasteiger partial charge in [0.15, 0.2) is 5.13 Å². The van der Waals surface area contributed by atoms with Crippen molar-refractivity contribution in [1.29, 1.82) is 0 Å². The number of carbonyl (C=O) groups is 1. The molecule has 2 aromatic rings. The van der Waals surface area contributed by atoms with Crippen LogP contribution in [0.2, 0.25) is 0 Å². The maximum atomic E-state index is 11.9. The summed E-state index contributed by atoms with van der Waals surface area (Å²) >= 11 is 1.51. The van der Waals surface area contributed by atoms with Crippen LogP contribution in [0.15, 0.2) is 18.2 Å². The van der Waals surface area contributed by atoms with E-state index in [1.165, 1.54) is 23.5 Å². The largest absolute Gasteiger partial charge is 0.444 e. The van der Waals surface area contributed by atoms with Gasteiger partial charge in [-0.15, -0.1) is 0 Å². The minimum atomic E-state index is -0.527. The van der Waals surface area contributed by atoms with Crippen LogP contribution in [0.3, 0.4) is 0 Å². The van der Waals surface area contributed by atoms with E-state index in [9.17, 15) is 14.9 Å². The van der Waals surface area contributed by atoms with E-state index < -0.39 is 16.6 Å². The van der Waals surface area contributed by atoms with Gasteiger partial charge in [0.2, 0.25) is 0 Å². The topological polar surface area (TPSA) is 97.6 Å². The summed E-state index contributed by atoms with van der Waals surface area (Å²) in [5.74, 6) is 0. The number of nitro groups is 1. The lowest BCUT2D eigenvalue weighted by Crippen LogP contribution is -2.42.